The van der Waals surface area contributed by atoms with Crippen LogP contribution in [-0.4, -0.2) is 30.1 Å². The lowest BCUT2D eigenvalue weighted by Gasteiger charge is -2.29. The van der Waals surface area contributed by atoms with Crippen molar-refractivity contribution in [2.75, 3.05) is 18.1 Å². The summed E-state index contributed by atoms with van der Waals surface area (Å²) in [7, 11) is 0. The van der Waals surface area contributed by atoms with Gasteiger partial charge >= 0.3 is 0 Å². The van der Waals surface area contributed by atoms with Crippen LogP contribution >= 0.6 is 28.1 Å². The molecule has 1 aliphatic rings. The Balaban J connectivity index is 2.01. The monoisotopic (exact) mass is 516 g/mol. The van der Waals surface area contributed by atoms with Crippen molar-refractivity contribution in [2.24, 2.45) is 0 Å². The number of amides is 2. The van der Waals surface area contributed by atoms with Gasteiger partial charge in [0.15, 0.2) is 16.6 Å². The molecule has 0 aromatic heterocycles. The molecule has 168 valence electrons. The second-order valence-corrected chi connectivity index (χ2v) is 8.63. The van der Waals surface area contributed by atoms with Gasteiger partial charge in [-0.3, -0.25) is 19.8 Å². The lowest BCUT2D eigenvalue weighted by Crippen LogP contribution is -2.54. The predicted molar refractivity (Wildman–Crippen MR) is 133 cm³/mol. The van der Waals surface area contributed by atoms with Gasteiger partial charge in [0.2, 0.25) is 0 Å². The van der Waals surface area contributed by atoms with Crippen LogP contribution in [0.5, 0.6) is 11.5 Å². The standard InChI is InChI=1S/C24H25BrN2O4S/c1-5-30-20-12-16(19(25)13-21(20)31-6-2)11-18-22(28)26-24(32)27(23(18)29)17-9-7-15(8-10-17)14(3)4/h7-14H,5-6H2,1-4H3,(H,26,28,32)/b18-11+. The normalized spacial score (nSPS) is 15.4. The maximum atomic E-state index is 13.3. The fourth-order valence-electron chi connectivity index (χ4n) is 3.25. The molecule has 32 heavy (non-hydrogen) atoms. The molecule has 3 rings (SSSR count). The highest BCUT2D eigenvalue weighted by Crippen LogP contribution is 2.35. The lowest BCUT2D eigenvalue weighted by molar-refractivity contribution is -0.122. The molecule has 1 aliphatic heterocycles. The first-order valence-electron chi connectivity index (χ1n) is 10.4. The molecular weight excluding hydrogens is 492 g/mol. The Morgan fingerprint density at radius 2 is 1.66 bits per heavy atom. The molecule has 0 radical (unpaired) electrons. The average Bonchev–Trinajstić information content (AvgIpc) is 2.74. The molecule has 6 nitrogen and oxygen atoms in total. The second kappa shape index (κ2) is 10.3. The van der Waals surface area contributed by atoms with Crippen LogP contribution < -0.4 is 19.7 Å². The summed E-state index contributed by atoms with van der Waals surface area (Å²) < 4.78 is 12.0. The van der Waals surface area contributed by atoms with Gasteiger partial charge in [0, 0.05) is 4.47 Å². The molecule has 0 aliphatic carbocycles. The molecule has 2 amide bonds. The predicted octanol–water partition coefficient (Wildman–Crippen LogP) is 5.20. The third kappa shape index (κ3) is 5.02. The van der Waals surface area contributed by atoms with Crippen LogP contribution in [0.25, 0.3) is 6.08 Å². The van der Waals surface area contributed by atoms with E-state index in [9.17, 15) is 9.59 Å². The minimum atomic E-state index is -0.547. The number of hydrogen-bond acceptors (Lipinski definition) is 5. The maximum absolute atomic E-state index is 13.3. The quantitative estimate of drug-likeness (QED) is 0.311. The minimum Gasteiger partial charge on any atom is -0.490 e. The molecule has 2 aromatic carbocycles. The maximum Gasteiger partial charge on any atom is 0.270 e. The van der Waals surface area contributed by atoms with E-state index in [2.05, 4.69) is 35.1 Å². The van der Waals surface area contributed by atoms with Crippen molar-refractivity contribution in [3.8, 4) is 11.5 Å². The van der Waals surface area contributed by atoms with Gasteiger partial charge in [0.05, 0.1) is 18.9 Å². The SMILES string of the molecule is CCOc1cc(Br)c(/C=C2\C(=O)NC(=S)N(c3ccc(C(C)C)cc3)C2=O)cc1OCC. The Morgan fingerprint density at radius 3 is 2.22 bits per heavy atom. The first kappa shape index (κ1) is 23.9. The molecule has 8 heteroatoms. The van der Waals surface area contributed by atoms with Gasteiger partial charge < -0.3 is 9.47 Å². The summed E-state index contributed by atoms with van der Waals surface area (Å²) in [6.07, 6.45) is 1.53. The number of ether oxygens (including phenoxy) is 2. The number of benzene rings is 2. The number of carbonyl (C=O) groups is 2. The number of hydrogen-bond donors (Lipinski definition) is 1. The van der Waals surface area contributed by atoms with Crippen LogP contribution in [-0.2, 0) is 9.59 Å². The van der Waals surface area contributed by atoms with E-state index in [1.165, 1.54) is 11.0 Å². The van der Waals surface area contributed by atoms with Gasteiger partial charge in [0.25, 0.3) is 11.8 Å². The van der Waals surface area contributed by atoms with E-state index >= 15 is 0 Å². The van der Waals surface area contributed by atoms with Crippen molar-refractivity contribution < 1.29 is 19.1 Å². The molecule has 1 fully saturated rings. The van der Waals surface area contributed by atoms with Crippen molar-refractivity contribution in [1.82, 2.24) is 5.32 Å². The summed E-state index contributed by atoms with van der Waals surface area (Å²) in [5.41, 5.74) is 2.32. The van der Waals surface area contributed by atoms with E-state index in [4.69, 9.17) is 21.7 Å². The summed E-state index contributed by atoms with van der Waals surface area (Å²) in [5.74, 6) is 0.434. The van der Waals surface area contributed by atoms with Crippen LogP contribution in [0, 0.1) is 0 Å². The zero-order valence-corrected chi connectivity index (χ0v) is 20.8. The Hall–Kier alpha value is -2.71. The Morgan fingerprint density at radius 1 is 1.06 bits per heavy atom. The van der Waals surface area contributed by atoms with Crippen molar-refractivity contribution in [3.63, 3.8) is 0 Å². The van der Waals surface area contributed by atoms with Crippen LogP contribution in [0.1, 0.15) is 44.7 Å². The zero-order chi connectivity index (χ0) is 23.4. The number of carbonyl (C=O) groups excluding carboxylic acids is 2. The number of nitrogens with zero attached hydrogens (tertiary/aromatic N) is 1. The first-order valence-corrected chi connectivity index (χ1v) is 11.6. The van der Waals surface area contributed by atoms with Crippen LogP contribution in [0.4, 0.5) is 5.69 Å². The molecule has 2 aromatic rings. The number of rotatable bonds is 7. The zero-order valence-electron chi connectivity index (χ0n) is 18.4. The van der Waals surface area contributed by atoms with Crippen LogP contribution in [0.15, 0.2) is 46.4 Å². The molecule has 0 saturated carbocycles. The molecule has 1 saturated heterocycles. The summed E-state index contributed by atoms with van der Waals surface area (Å²) in [6, 6.07) is 11.1. The van der Waals surface area contributed by atoms with Crippen LogP contribution in [0.3, 0.4) is 0 Å². The highest BCUT2D eigenvalue weighted by molar-refractivity contribution is 9.10. The molecule has 1 N–H and O–H groups in total. The van der Waals surface area contributed by atoms with E-state index in [1.807, 2.05) is 38.1 Å². The first-order chi connectivity index (χ1) is 15.3. The highest BCUT2D eigenvalue weighted by atomic mass is 79.9. The topological polar surface area (TPSA) is 67.9 Å². The van der Waals surface area contributed by atoms with Gasteiger partial charge in [-0.1, -0.05) is 41.9 Å². The Labute approximate surface area is 201 Å². The number of thiocarbonyl (C=S) groups is 1. The third-order valence-corrected chi connectivity index (χ3v) is 5.85. The van der Waals surface area contributed by atoms with Crippen molar-refractivity contribution in [3.05, 3.63) is 57.6 Å². The molecular formula is C24H25BrN2O4S. The Kier molecular flexibility index (Phi) is 7.69. The fraction of sp³-hybridized carbons (Fsp3) is 0.292. The minimum absolute atomic E-state index is 0.0288. The van der Waals surface area contributed by atoms with E-state index < -0.39 is 11.8 Å². The highest BCUT2D eigenvalue weighted by Gasteiger charge is 2.34. The smallest absolute Gasteiger partial charge is 0.270 e. The van der Waals surface area contributed by atoms with Crippen molar-refractivity contribution in [2.45, 2.75) is 33.6 Å². The molecule has 1 heterocycles. The number of nitrogens with one attached hydrogen (secondary N) is 1. The summed E-state index contributed by atoms with van der Waals surface area (Å²) in [5, 5.41) is 2.67. The van der Waals surface area contributed by atoms with Gasteiger partial charge in [-0.05, 0) is 73.5 Å². The number of anilines is 1. The fourth-order valence-corrected chi connectivity index (χ4v) is 3.97. The van der Waals surface area contributed by atoms with Gasteiger partial charge in [-0.2, -0.15) is 0 Å². The van der Waals surface area contributed by atoms with Gasteiger partial charge in [0.1, 0.15) is 5.57 Å². The number of halogens is 1. The van der Waals surface area contributed by atoms with Gasteiger partial charge in [-0.25, -0.2) is 0 Å². The largest absolute Gasteiger partial charge is 0.490 e. The third-order valence-electron chi connectivity index (χ3n) is 4.88. The van der Waals surface area contributed by atoms with Crippen LogP contribution in [0.2, 0.25) is 0 Å². The summed E-state index contributed by atoms with van der Waals surface area (Å²) >= 11 is 8.79. The summed E-state index contributed by atoms with van der Waals surface area (Å²) in [6.45, 7) is 8.88. The lowest BCUT2D eigenvalue weighted by atomic mass is 10.0. The molecule has 0 unspecified atom stereocenters. The summed E-state index contributed by atoms with van der Waals surface area (Å²) in [4.78, 5) is 27.3. The van der Waals surface area contributed by atoms with Gasteiger partial charge in [-0.15, -0.1) is 0 Å². The van der Waals surface area contributed by atoms with Crippen molar-refractivity contribution >= 4 is 56.8 Å². The second-order valence-electron chi connectivity index (χ2n) is 7.39. The van der Waals surface area contributed by atoms with E-state index in [-0.39, 0.29) is 10.7 Å². The van der Waals surface area contributed by atoms with E-state index in [0.29, 0.717) is 46.4 Å². The Bertz CT molecular complexity index is 1080. The van der Waals surface area contributed by atoms with E-state index in [1.54, 1.807) is 12.1 Å². The molecule has 0 atom stereocenters. The molecule has 0 bridgehead atoms. The van der Waals surface area contributed by atoms with Crippen molar-refractivity contribution in [1.29, 1.82) is 0 Å². The molecule has 0 spiro atoms. The van der Waals surface area contributed by atoms with E-state index in [0.717, 1.165) is 5.56 Å². The average molecular weight is 517 g/mol.